The normalized spacial score (nSPS) is 25.0. The van der Waals surface area contributed by atoms with Crippen molar-refractivity contribution < 1.29 is 27.5 Å². The van der Waals surface area contributed by atoms with Crippen LogP contribution in [0.5, 0.6) is 0 Å². The van der Waals surface area contributed by atoms with Crippen LogP contribution in [-0.4, -0.2) is 61.6 Å². The van der Waals surface area contributed by atoms with Crippen molar-refractivity contribution in [2.24, 2.45) is 11.8 Å². The Morgan fingerprint density at radius 3 is 1.71 bits per heavy atom. The first kappa shape index (κ1) is 26.1. The van der Waals surface area contributed by atoms with E-state index in [9.17, 15) is 22.8 Å². The topological polar surface area (TPSA) is 101 Å². The zero-order chi connectivity index (χ0) is 28.3. The number of hydrogen-bond acceptors (Lipinski definition) is 6. The molecule has 0 saturated carbocycles. The first-order valence-electron chi connectivity index (χ1n) is 14.2. The number of likely N-dealkylation sites (tertiary alicyclic amines) is 1. The molecule has 0 N–H and O–H groups in total. The third-order valence-corrected chi connectivity index (χ3v) is 11.0. The molecule has 41 heavy (non-hydrogen) atoms. The molecule has 2 amide bonds. The standard InChI is InChI=1S/C32H30N2O6S/c35-30-28-26-22-8-2-3-9-23(22)27(25-11-5-4-10-24(25)26)29(28)31(36)34(30)18-19-40-32(37)20-12-14-21(15-13-20)41(38,39)33-16-6-1-7-17-33/h2-5,8-15,26-29H,1,6-7,16-19H2/t26?,27?,28-,29+. The summed E-state index contributed by atoms with van der Waals surface area (Å²) in [5.74, 6) is -2.37. The number of carbonyl (C=O) groups excluding carboxylic acids is 3. The van der Waals surface area contributed by atoms with Gasteiger partial charge < -0.3 is 4.74 Å². The van der Waals surface area contributed by atoms with E-state index in [1.54, 1.807) is 0 Å². The number of nitrogens with zero attached hydrogens (tertiary/aromatic N) is 2. The molecule has 0 unspecified atom stereocenters. The van der Waals surface area contributed by atoms with Crippen molar-refractivity contribution in [3.63, 3.8) is 0 Å². The number of amides is 2. The van der Waals surface area contributed by atoms with E-state index in [2.05, 4.69) is 24.3 Å². The van der Waals surface area contributed by atoms with Gasteiger partial charge in [0.1, 0.15) is 6.61 Å². The van der Waals surface area contributed by atoms with E-state index in [1.165, 1.54) is 33.5 Å². The molecule has 8 nitrogen and oxygen atoms in total. The third-order valence-electron chi connectivity index (χ3n) is 9.13. The molecule has 210 valence electrons. The van der Waals surface area contributed by atoms with Crippen molar-refractivity contribution in [1.29, 1.82) is 0 Å². The van der Waals surface area contributed by atoms with Crippen LogP contribution < -0.4 is 0 Å². The highest BCUT2D eigenvalue weighted by molar-refractivity contribution is 7.89. The fourth-order valence-corrected chi connectivity index (χ4v) is 8.81. The molecular formula is C32H30N2O6S. The number of rotatable bonds is 6. The van der Waals surface area contributed by atoms with E-state index in [-0.39, 0.29) is 47.3 Å². The Morgan fingerprint density at radius 1 is 0.732 bits per heavy atom. The van der Waals surface area contributed by atoms with Crippen LogP contribution in [0, 0.1) is 11.8 Å². The van der Waals surface area contributed by atoms with Gasteiger partial charge in [0.2, 0.25) is 21.8 Å². The molecule has 2 atom stereocenters. The Bertz CT molecular complexity index is 1550. The Morgan fingerprint density at radius 2 is 1.22 bits per heavy atom. The number of sulfonamides is 1. The first-order valence-corrected chi connectivity index (χ1v) is 15.6. The Kier molecular flexibility index (Phi) is 6.32. The lowest BCUT2D eigenvalue weighted by Gasteiger charge is -2.45. The Labute approximate surface area is 239 Å². The second-order valence-electron chi connectivity index (χ2n) is 11.2. The van der Waals surface area contributed by atoms with Crippen LogP contribution >= 0.6 is 0 Å². The minimum atomic E-state index is -3.60. The monoisotopic (exact) mass is 570 g/mol. The summed E-state index contributed by atoms with van der Waals surface area (Å²) in [6, 6.07) is 21.9. The van der Waals surface area contributed by atoms with Crippen molar-refractivity contribution in [3.05, 3.63) is 101 Å². The van der Waals surface area contributed by atoms with E-state index in [4.69, 9.17) is 4.74 Å². The lowest BCUT2D eigenvalue weighted by atomic mass is 9.55. The smallest absolute Gasteiger partial charge is 0.338 e. The number of carbonyl (C=O) groups is 3. The fourth-order valence-electron chi connectivity index (χ4n) is 7.29. The maximum Gasteiger partial charge on any atom is 0.338 e. The van der Waals surface area contributed by atoms with Gasteiger partial charge in [-0.2, -0.15) is 4.31 Å². The molecule has 0 aromatic heterocycles. The highest BCUT2D eigenvalue weighted by atomic mass is 32.2. The van der Waals surface area contributed by atoms with E-state index in [0.29, 0.717) is 13.1 Å². The number of esters is 1. The summed E-state index contributed by atoms with van der Waals surface area (Å²) in [5.41, 5.74) is 4.64. The average molecular weight is 571 g/mol. The summed E-state index contributed by atoms with van der Waals surface area (Å²) < 4.78 is 32.7. The zero-order valence-electron chi connectivity index (χ0n) is 22.4. The molecule has 2 saturated heterocycles. The van der Waals surface area contributed by atoms with E-state index >= 15 is 0 Å². The number of imide groups is 1. The Hall–Kier alpha value is -3.82. The number of benzene rings is 3. The molecule has 2 aliphatic heterocycles. The maximum absolute atomic E-state index is 13.7. The van der Waals surface area contributed by atoms with Gasteiger partial charge in [-0.15, -0.1) is 0 Å². The van der Waals surface area contributed by atoms with Crippen LogP contribution in [0.15, 0.2) is 77.7 Å². The average Bonchev–Trinajstić information content (AvgIpc) is 3.27. The SMILES string of the molecule is O=C(OCCN1C(=O)[C@@H]2C3c4ccccc4C(c4ccccc43)[C@@H]2C1=O)c1ccc(S(=O)(=O)N2CCCCC2)cc1. The van der Waals surface area contributed by atoms with Crippen LogP contribution in [0.25, 0.3) is 0 Å². The minimum absolute atomic E-state index is 0.0238. The summed E-state index contributed by atoms with van der Waals surface area (Å²) in [5, 5.41) is 0. The largest absolute Gasteiger partial charge is 0.460 e. The Balaban J connectivity index is 1.04. The van der Waals surface area contributed by atoms with Gasteiger partial charge >= 0.3 is 5.97 Å². The summed E-state index contributed by atoms with van der Waals surface area (Å²) in [7, 11) is -3.60. The molecule has 2 bridgehead atoms. The van der Waals surface area contributed by atoms with Gasteiger partial charge in [0.25, 0.3) is 0 Å². The van der Waals surface area contributed by atoms with Crippen LogP contribution in [-0.2, 0) is 24.3 Å². The summed E-state index contributed by atoms with van der Waals surface area (Å²) >= 11 is 0. The van der Waals surface area contributed by atoms with Gasteiger partial charge in [0.05, 0.1) is 28.8 Å². The summed E-state index contributed by atoms with van der Waals surface area (Å²) in [6.45, 7) is 0.839. The van der Waals surface area contributed by atoms with Crippen molar-refractivity contribution in [2.75, 3.05) is 26.2 Å². The van der Waals surface area contributed by atoms with E-state index in [0.717, 1.165) is 41.5 Å². The molecule has 3 aliphatic carbocycles. The molecule has 8 rings (SSSR count). The molecule has 3 aromatic carbocycles. The second kappa shape index (κ2) is 9.92. The molecule has 9 heteroatoms. The van der Waals surface area contributed by atoms with Crippen molar-refractivity contribution >= 4 is 27.8 Å². The maximum atomic E-state index is 13.7. The third kappa shape index (κ3) is 4.05. The molecule has 5 aliphatic rings. The zero-order valence-corrected chi connectivity index (χ0v) is 23.3. The van der Waals surface area contributed by atoms with Crippen molar-refractivity contribution in [2.45, 2.75) is 36.0 Å². The van der Waals surface area contributed by atoms with Gasteiger partial charge in [0.15, 0.2) is 0 Å². The number of piperidine rings is 1. The fraction of sp³-hybridized carbons (Fsp3) is 0.344. The van der Waals surface area contributed by atoms with Gasteiger partial charge in [-0.25, -0.2) is 13.2 Å². The molecule has 2 heterocycles. The minimum Gasteiger partial charge on any atom is -0.460 e. The van der Waals surface area contributed by atoms with Crippen LogP contribution in [0.3, 0.4) is 0 Å². The van der Waals surface area contributed by atoms with Crippen molar-refractivity contribution in [3.8, 4) is 0 Å². The quantitative estimate of drug-likeness (QED) is 0.329. The molecule has 2 fully saturated rings. The highest BCUT2D eigenvalue weighted by Gasteiger charge is 2.61. The summed E-state index contributed by atoms with van der Waals surface area (Å²) in [6.07, 6.45) is 2.71. The lowest BCUT2D eigenvalue weighted by molar-refractivity contribution is -0.140. The number of ether oxygens (including phenoxy) is 1. The van der Waals surface area contributed by atoms with E-state index < -0.39 is 27.8 Å². The second-order valence-corrected chi connectivity index (χ2v) is 13.2. The van der Waals surface area contributed by atoms with Gasteiger partial charge in [0, 0.05) is 24.9 Å². The van der Waals surface area contributed by atoms with Crippen LogP contribution in [0.4, 0.5) is 0 Å². The molecule has 0 spiro atoms. The number of hydrogen-bond donors (Lipinski definition) is 0. The molecule has 0 radical (unpaired) electrons. The summed E-state index contributed by atoms with van der Waals surface area (Å²) in [4.78, 5) is 41.5. The van der Waals surface area contributed by atoms with E-state index in [1.807, 2.05) is 24.3 Å². The van der Waals surface area contributed by atoms with Crippen LogP contribution in [0.1, 0.15) is 63.7 Å². The first-order chi connectivity index (χ1) is 19.9. The highest BCUT2D eigenvalue weighted by Crippen LogP contribution is 2.60. The van der Waals surface area contributed by atoms with Gasteiger partial charge in [-0.05, 0) is 59.4 Å². The van der Waals surface area contributed by atoms with Crippen LogP contribution in [0.2, 0.25) is 0 Å². The predicted octanol–water partition coefficient (Wildman–Crippen LogP) is 3.91. The van der Waals surface area contributed by atoms with Crippen molar-refractivity contribution in [1.82, 2.24) is 9.21 Å². The predicted molar refractivity (Wildman–Crippen MR) is 150 cm³/mol. The van der Waals surface area contributed by atoms with Gasteiger partial charge in [-0.1, -0.05) is 55.0 Å². The van der Waals surface area contributed by atoms with Gasteiger partial charge in [-0.3, -0.25) is 14.5 Å². The molecule has 3 aromatic rings. The molecular weight excluding hydrogens is 540 g/mol. The lowest BCUT2D eigenvalue weighted by Crippen LogP contribution is -2.41.